The van der Waals surface area contributed by atoms with Gasteiger partial charge in [-0.05, 0) is 30.7 Å². The number of ether oxygens (including phenoxy) is 1. The van der Waals surface area contributed by atoms with Crippen LogP contribution in [0.25, 0.3) is 0 Å². The summed E-state index contributed by atoms with van der Waals surface area (Å²) in [6.45, 7) is 2.40. The van der Waals surface area contributed by atoms with Crippen molar-refractivity contribution in [3.05, 3.63) is 53.3 Å². The fourth-order valence-corrected chi connectivity index (χ4v) is 2.64. The van der Waals surface area contributed by atoms with Crippen molar-refractivity contribution in [1.29, 1.82) is 0 Å². The molecular weight excluding hydrogens is 238 g/mol. The molecule has 1 N–H and O–H groups in total. The molecular formula is C15H19N3O. The largest absolute Gasteiger partial charge is 0.371 e. The van der Waals surface area contributed by atoms with Gasteiger partial charge in [0.15, 0.2) is 0 Å². The quantitative estimate of drug-likeness (QED) is 0.909. The second-order valence-electron chi connectivity index (χ2n) is 4.84. The Kier molecular flexibility index (Phi) is 3.62. The average Bonchev–Trinajstić information content (AvgIpc) is 2.87. The Hall–Kier alpha value is -1.65. The van der Waals surface area contributed by atoms with Gasteiger partial charge in [-0.25, -0.2) is 0 Å². The fourth-order valence-electron chi connectivity index (χ4n) is 2.64. The van der Waals surface area contributed by atoms with E-state index in [2.05, 4.69) is 34.7 Å². The van der Waals surface area contributed by atoms with Crippen molar-refractivity contribution < 1.29 is 4.74 Å². The van der Waals surface area contributed by atoms with Gasteiger partial charge in [-0.2, -0.15) is 5.10 Å². The molecule has 0 bridgehead atoms. The van der Waals surface area contributed by atoms with E-state index in [1.54, 1.807) is 0 Å². The van der Waals surface area contributed by atoms with Gasteiger partial charge in [0.2, 0.25) is 0 Å². The summed E-state index contributed by atoms with van der Waals surface area (Å²) in [7, 11) is 1.95. The van der Waals surface area contributed by atoms with Crippen LogP contribution in [-0.2, 0) is 24.2 Å². The Morgan fingerprint density at radius 3 is 3.16 bits per heavy atom. The van der Waals surface area contributed by atoms with Crippen LogP contribution in [0.3, 0.4) is 0 Å². The predicted molar refractivity (Wildman–Crippen MR) is 73.8 cm³/mol. The van der Waals surface area contributed by atoms with Crippen LogP contribution in [0.15, 0.2) is 36.5 Å². The third kappa shape index (κ3) is 2.55. The van der Waals surface area contributed by atoms with Crippen molar-refractivity contribution in [2.75, 3.05) is 13.7 Å². The zero-order valence-corrected chi connectivity index (χ0v) is 11.2. The van der Waals surface area contributed by atoms with Crippen LogP contribution in [0.1, 0.15) is 22.9 Å². The minimum atomic E-state index is 0.112. The maximum absolute atomic E-state index is 5.93. The standard InChI is InChI=1S/C15H19N3O/c1-16-10-13-6-8-17-18(13)11-15-14-5-3-2-4-12(14)7-9-19-15/h2-6,8,15-16H,7,9-11H2,1H3. The number of benzene rings is 1. The summed E-state index contributed by atoms with van der Waals surface area (Å²) in [5.41, 5.74) is 3.90. The molecule has 0 spiro atoms. The summed E-state index contributed by atoms with van der Waals surface area (Å²) in [5, 5.41) is 7.56. The SMILES string of the molecule is CNCc1ccnn1CC1OCCc2ccccc21. The highest BCUT2D eigenvalue weighted by molar-refractivity contribution is 5.30. The Morgan fingerprint density at radius 2 is 2.26 bits per heavy atom. The molecule has 100 valence electrons. The van der Waals surface area contributed by atoms with Crippen LogP contribution in [0.2, 0.25) is 0 Å². The van der Waals surface area contributed by atoms with Gasteiger partial charge in [-0.1, -0.05) is 24.3 Å². The highest BCUT2D eigenvalue weighted by atomic mass is 16.5. The summed E-state index contributed by atoms with van der Waals surface area (Å²) >= 11 is 0. The molecule has 1 aliphatic rings. The molecule has 1 aromatic carbocycles. The maximum Gasteiger partial charge on any atom is 0.102 e. The molecule has 1 aliphatic heterocycles. The normalized spacial score (nSPS) is 18.3. The first kappa shape index (κ1) is 12.4. The van der Waals surface area contributed by atoms with Crippen LogP contribution in [-0.4, -0.2) is 23.4 Å². The van der Waals surface area contributed by atoms with E-state index in [4.69, 9.17) is 4.74 Å². The fraction of sp³-hybridized carbons (Fsp3) is 0.400. The van der Waals surface area contributed by atoms with Gasteiger partial charge in [0.1, 0.15) is 6.10 Å². The van der Waals surface area contributed by atoms with Crippen LogP contribution >= 0.6 is 0 Å². The van der Waals surface area contributed by atoms with Gasteiger partial charge in [0.25, 0.3) is 0 Å². The van der Waals surface area contributed by atoms with Gasteiger partial charge < -0.3 is 10.1 Å². The lowest BCUT2D eigenvalue weighted by Gasteiger charge is -2.26. The van der Waals surface area contributed by atoms with E-state index in [9.17, 15) is 0 Å². The lowest BCUT2D eigenvalue weighted by atomic mass is 9.97. The molecule has 0 saturated heterocycles. The molecule has 0 fully saturated rings. The first-order valence-corrected chi connectivity index (χ1v) is 6.73. The monoisotopic (exact) mass is 257 g/mol. The molecule has 1 unspecified atom stereocenters. The first-order valence-electron chi connectivity index (χ1n) is 6.73. The summed E-state index contributed by atoms with van der Waals surface area (Å²) in [6, 6.07) is 10.6. The van der Waals surface area contributed by atoms with E-state index >= 15 is 0 Å². The minimum Gasteiger partial charge on any atom is -0.371 e. The van der Waals surface area contributed by atoms with Crippen molar-refractivity contribution in [2.45, 2.75) is 25.6 Å². The van der Waals surface area contributed by atoms with Crippen LogP contribution in [0.4, 0.5) is 0 Å². The van der Waals surface area contributed by atoms with Gasteiger partial charge in [-0.3, -0.25) is 4.68 Å². The highest BCUT2D eigenvalue weighted by Crippen LogP contribution is 2.28. The molecule has 4 nitrogen and oxygen atoms in total. The third-order valence-corrected chi connectivity index (χ3v) is 3.59. The maximum atomic E-state index is 5.93. The second kappa shape index (κ2) is 5.55. The summed E-state index contributed by atoms with van der Waals surface area (Å²) in [5.74, 6) is 0. The topological polar surface area (TPSA) is 39.1 Å². The Balaban J connectivity index is 1.82. The lowest BCUT2D eigenvalue weighted by Crippen LogP contribution is -2.23. The summed E-state index contributed by atoms with van der Waals surface area (Å²) in [4.78, 5) is 0. The highest BCUT2D eigenvalue weighted by Gasteiger charge is 2.21. The molecule has 4 heteroatoms. The Morgan fingerprint density at radius 1 is 1.37 bits per heavy atom. The van der Waals surface area contributed by atoms with Crippen LogP contribution in [0.5, 0.6) is 0 Å². The van der Waals surface area contributed by atoms with Crippen molar-refractivity contribution in [2.24, 2.45) is 0 Å². The zero-order valence-electron chi connectivity index (χ0n) is 11.2. The Labute approximate surface area is 113 Å². The van der Waals surface area contributed by atoms with Crippen molar-refractivity contribution in [3.8, 4) is 0 Å². The average molecular weight is 257 g/mol. The molecule has 3 rings (SSSR count). The van der Waals surface area contributed by atoms with Crippen molar-refractivity contribution >= 4 is 0 Å². The molecule has 2 aromatic rings. The molecule has 1 atom stereocenters. The summed E-state index contributed by atoms with van der Waals surface area (Å²) < 4.78 is 7.96. The minimum absolute atomic E-state index is 0.112. The lowest BCUT2D eigenvalue weighted by molar-refractivity contribution is 0.0277. The van der Waals surface area contributed by atoms with E-state index in [1.165, 1.54) is 16.8 Å². The van der Waals surface area contributed by atoms with Crippen LogP contribution < -0.4 is 5.32 Å². The first-order chi connectivity index (χ1) is 9.38. The number of hydrogen-bond donors (Lipinski definition) is 1. The van der Waals surface area contributed by atoms with E-state index in [0.717, 1.165) is 26.1 Å². The smallest absolute Gasteiger partial charge is 0.102 e. The van der Waals surface area contributed by atoms with E-state index in [0.29, 0.717) is 0 Å². The molecule has 0 saturated carbocycles. The van der Waals surface area contributed by atoms with Gasteiger partial charge in [-0.15, -0.1) is 0 Å². The predicted octanol–water partition coefficient (Wildman–Crippen LogP) is 1.92. The number of nitrogens with zero attached hydrogens (tertiary/aromatic N) is 2. The van der Waals surface area contributed by atoms with E-state index < -0.39 is 0 Å². The van der Waals surface area contributed by atoms with Gasteiger partial charge in [0.05, 0.1) is 18.8 Å². The van der Waals surface area contributed by atoms with E-state index in [-0.39, 0.29) is 6.10 Å². The van der Waals surface area contributed by atoms with Crippen molar-refractivity contribution in [3.63, 3.8) is 0 Å². The molecule has 0 aliphatic carbocycles. The molecule has 2 heterocycles. The third-order valence-electron chi connectivity index (χ3n) is 3.59. The zero-order chi connectivity index (χ0) is 13.1. The Bertz CT molecular complexity index is 550. The molecule has 0 amide bonds. The van der Waals surface area contributed by atoms with Gasteiger partial charge >= 0.3 is 0 Å². The summed E-state index contributed by atoms with van der Waals surface area (Å²) in [6.07, 6.45) is 2.97. The van der Waals surface area contributed by atoms with Crippen LogP contribution in [0, 0.1) is 0 Å². The molecule has 1 aromatic heterocycles. The van der Waals surface area contributed by atoms with Gasteiger partial charge in [0, 0.05) is 12.7 Å². The molecule has 19 heavy (non-hydrogen) atoms. The number of rotatable bonds is 4. The van der Waals surface area contributed by atoms with E-state index in [1.807, 2.05) is 24.0 Å². The molecule has 0 radical (unpaired) electrons. The number of fused-ring (bicyclic) bond motifs is 1. The number of aromatic nitrogens is 2. The van der Waals surface area contributed by atoms with Crippen molar-refractivity contribution in [1.82, 2.24) is 15.1 Å². The number of hydrogen-bond acceptors (Lipinski definition) is 3. The number of nitrogens with one attached hydrogen (secondary N) is 1. The second-order valence-corrected chi connectivity index (χ2v) is 4.84.